The number of carbonyl (C=O) groups excluding carboxylic acids is 3. The number of aliphatic hydroxyl groups is 2. The van der Waals surface area contributed by atoms with Gasteiger partial charge in [-0.25, -0.2) is 37.7 Å². The van der Waals surface area contributed by atoms with Gasteiger partial charge in [-0.05, 0) is 41.5 Å². The molecule has 6 aromatic rings. The molecule has 0 saturated carbocycles. The minimum atomic E-state index is -4.94. The number of aldehydes is 1. The van der Waals surface area contributed by atoms with Gasteiger partial charge >= 0.3 is 24.5 Å². The number of aliphatic hydroxyl groups excluding tert-OH is 2. The summed E-state index contributed by atoms with van der Waals surface area (Å²) in [4.78, 5) is 54.2. The number of alkyl halides is 6. The van der Waals surface area contributed by atoms with E-state index in [9.17, 15) is 59.0 Å². The smallest absolute Gasteiger partial charge is 0.423 e. The maximum atomic E-state index is 14.5. The predicted octanol–water partition coefficient (Wildman–Crippen LogP) is 8.43. The van der Waals surface area contributed by atoms with Crippen molar-refractivity contribution in [1.82, 2.24) is 30.1 Å². The monoisotopic (exact) mass is 1090 g/mol. The molecule has 2 unspecified atom stereocenters. The molecule has 0 radical (unpaired) electrons. The van der Waals surface area contributed by atoms with Gasteiger partial charge in [-0.15, -0.1) is 0 Å². The molecule has 3 aromatic carbocycles. The summed E-state index contributed by atoms with van der Waals surface area (Å²) in [5, 5.41) is 21.5. The quantitative estimate of drug-likeness (QED) is 0.105. The molecular weight excluding hydrogens is 1030 g/mol. The van der Waals surface area contributed by atoms with E-state index >= 15 is 0 Å². The Morgan fingerprint density at radius 3 is 1.21 bits per heavy atom. The molecule has 0 aliphatic carbocycles. The predicted molar refractivity (Wildman–Crippen MR) is 254 cm³/mol. The molecule has 9 rings (SSSR count). The van der Waals surface area contributed by atoms with Gasteiger partial charge in [0.15, 0.2) is 16.7 Å². The topological polar surface area (TPSA) is 216 Å². The van der Waals surface area contributed by atoms with Crippen molar-refractivity contribution in [1.29, 1.82) is 0 Å². The first-order valence-electron chi connectivity index (χ1n) is 23.6. The van der Waals surface area contributed by atoms with Crippen molar-refractivity contribution >= 4 is 68.8 Å². The third kappa shape index (κ3) is 13.9. The Morgan fingerprint density at radius 1 is 0.553 bits per heavy atom. The fourth-order valence-corrected chi connectivity index (χ4v) is 7.98. The highest BCUT2D eigenvalue weighted by molar-refractivity contribution is 5.83. The van der Waals surface area contributed by atoms with Crippen LogP contribution in [0.25, 0.3) is 33.3 Å². The average Bonchev–Trinajstić information content (AvgIpc) is 4.08. The van der Waals surface area contributed by atoms with Crippen molar-refractivity contribution < 1.29 is 86.8 Å². The highest BCUT2D eigenvalue weighted by Gasteiger charge is 2.44. The maximum absolute atomic E-state index is 14.5. The van der Waals surface area contributed by atoms with Crippen molar-refractivity contribution in [3.63, 3.8) is 0 Å². The van der Waals surface area contributed by atoms with Gasteiger partial charge in [0.25, 0.3) is 5.89 Å². The average molecular weight is 1090 g/mol. The lowest BCUT2D eigenvalue weighted by atomic mass is 10.2. The maximum Gasteiger partial charge on any atom is 0.423 e. The molecule has 2 amide bonds. The van der Waals surface area contributed by atoms with Crippen LogP contribution in [0.4, 0.5) is 66.2 Å². The van der Waals surface area contributed by atoms with Crippen LogP contribution in [0.3, 0.4) is 0 Å². The number of hydrogen-bond donors (Lipinski definition) is 3. The normalized spacial score (nSPS) is 16.8. The number of nitrogens with one attached hydrogen (secondary N) is 1. The lowest BCUT2D eigenvalue weighted by molar-refractivity contribution is -0.213. The van der Waals surface area contributed by atoms with Crippen LogP contribution in [0.2, 0.25) is 0 Å². The number of amides is 2. The molecule has 76 heavy (non-hydrogen) atoms. The summed E-state index contributed by atoms with van der Waals surface area (Å²) in [6, 6.07) is 7.32. The standard InChI is InChI=1S/C18H21F4N3O4.C17H20FN3O4.C13H13F4N3O2/c1-17(2,3)29-16(27)25-6-4-24(5-7-25)12-9-13-11(8-10(12)19)23-15(28-13)14(26)18(20,21)22;1-17(2,3)25-16(23)21-6-4-20(5-7-21)13-9-14-12(8-11(13)18)19-15(10-22)24-14;14-7-5-8-10(6-9(7)20-3-1-18-2-4-20)22-12(19-8)11(21)13(15,16)17/h8-9,14,26H,4-7H2,1-3H3;8-10H,4-7H2,1-3H3;5-6,11,18,21H,1-4H2. The number of aromatic nitrogens is 3. The van der Waals surface area contributed by atoms with Gasteiger partial charge < -0.3 is 62.8 Å². The lowest BCUT2D eigenvalue weighted by Crippen LogP contribution is -2.50. The van der Waals surface area contributed by atoms with E-state index in [2.05, 4.69) is 20.3 Å². The Kier molecular flexibility index (Phi) is 16.6. The van der Waals surface area contributed by atoms with E-state index in [1.807, 2.05) is 25.7 Å². The zero-order valence-corrected chi connectivity index (χ0v) is 41.8. The van der Waals surface area contributed by atoms with Crippen molar-refractivity contribution in [3.8, 4) is 0 Å². The molecule has 3 N–H and O–H groups in total. The minimum absolute atomic E-state index is 0.00762. The van der Waals surface area contributed by atoms with Gasteiger partial charge in [0.05, 0.1) is 17.1 Å². The SMILES string of the molecule is CC(C)(C)OC(=O)N1CCN(c2cc3oc(C(O)C(F)(F)F)nc3cc2F)CC1.CC(C)(C)OC(=O)N1CCN(c2cc3oc(C=O)nc3cc2F)CC1.OC(c1nc2cc(F)c(N3CCNCC3)cc2o1)C(F)(F)F. The van der Waals surface area contributed by atoms with Crippen LogP contribution in [0.1, 0.15) is 76.2 Å². The third-order valence-corrected chi connectivity index (χ3v) is 11.6. The van der Waals surface area contributed by atoms with Crippen molar-refractivity contribution in [2.75, 3.05) is 93.2 Å². The molecule has 3 aliphatic rings. The van der Waals surface area contributed by atoms with E-state index in [0.717, 1.165) is 12.1 Å². The number of halogens is 9. The van der Waals surface area contributed by atoms with Crippen LogP contribution in [-0.2, 0) is 9.47 Å². The molecular formula is C48H54F9N9O10. The second kappa shape index (κ2) is 22.3. The summed E-state index contributed by atoms with van der Waals surface area (Å²) < 4.78 is 144. The molecule has 3 aliphatic heterocycles. The minimum Gasteiger partial charge on any atom is -0.444 e. The molecule has 0 bridgehead atoms. The Morgan fingerprint density at radius 2 is 0.882 bits per heavy atom. The second-order valence-corrected chi connectivity index (χ2v) is 19.6. The molecule has 414 valence electrons. The van der Waals surface area contributed by atoms with E-state index in [1.165, 1.54) is 29.2 Å². The molecule has 3 fully saturated rings. The first kappa shape index (κ1) is 56.7. The number of benzene rings is 3. The Labute approximate surface area is 427 Å². The fourth-order valence-electron chi connectivity index (χ4n) is 7.98. The highest BCUT2D eigenvalue weighted by atomic mass is 19.4. The number of carbonyl (C=O) groups is 3. The summed E-state index contributed by atoms with van der Waals surface area (Å²) in [5.74, 6) is -3.64. The van der Waals surface area contributed by atoms with Gasteiger partial charge in [-0.3, -0.25) is 4.79 Å². The van der Waals surface area contributed by atoms with E-state index in [4.69, 9.17) is 27.8 Å². The molecule has 19 nitrogen and oxygen atoms in total. The third-order valence-electron chi connectivity index (χ3n) is 11.6. The zero-order chi connectivity index (χ0) is 55.7. The molecule has 3 aromatic heterocycles. The van der Waals surface area contributed by atoms with Crippen LogP contribution in [-0.4, -0.2) is 156 Å². The van der Waals surface area contributed by atoms with Crippen molar-refractivity contribution in [2.45, 2.75) is 77.3 Å². The number of nitrogens with zero attached hydrogens (tertiary/aromatic N) is 8. The summed E-state index contributed by atoms with van der Waals surface area (Å²) in [6.45, 7) is 16.2. The number of rotatable bonds is 6. The number of ether oxygens (including phenoxy) is 2. The molecule has 6 heterocycles. The largest absolute Gasteiger partial charge is 0.444 e. The molecule has 2 atom stereocenters. The molecule has 28 heteroatoms. The number of oxazole rings is 3. The lowest BCUT2D eigenvalue weighted by Gasteiger charge is -2.36. The van der Waals surface area contributed by atoms with E-state index < -0.39 is 71.1 Å². The van der Waals surface area contributed by atoms with Gasteiger partial charge in [0, 0.05) is 115 Å². The fraction of sp³-hybridized carbons (Fsp3) is 0.500. The molecule has 0 spiro atoms. The Hall–Kier alpha value is -7.07. The Bertz CT molecular complexity index is 3020. The van der Waals surface area contributed by atoms with Crippen LogP contribution in [0.5, 0.6) is 0 Å². The van der Waals surface area contributed by atoms with Gasteiger partial charge in [-0.2, -0.15) is 26.3 Å². The van der Waals surface area contributed by atoms with Crippen LogP contribution >= 0.6 is 0 Å². The number of piperazine rings is 3. The summed E-state index contributed by atoms with van der Waals surface area (Å²) in [5.41, 5.74) is -0.0452. The van der Waals surface area contributed by atoms with E-state index in [0.29, 0.717) is 102 Å². The van der Waals surface area contributed by atoms with Gasteiger partial charge in [0.2, 0.25) is 30.3 Å². The van der Waals surface area contributed by atoms with Crippen LogP contribution in [0.15, 0.2) is 49.6 Å². The van der Waals surface area contributed by atoms with E-state index in [1.54, 1.807) is 35.5 Å². The summed E-state index contributed by atoms with van der Waals surface area (Å²) in [7, 11) is 0. The highest BCUT2D eigenvalue weighted by Crippen LogP contribution is 2.37. The van der Waals surface area contributed by atoms with Crippen LogP contribution < -0.4 is 20.0 Å². The van der Waals surface area contributed by atoms with Crippen molar-refractivity contribution in [3.05, 3.63) is 71.5 Å². The van der Waals surface area contributed by atoms with Gasteiger partial charge in [-0.1, -0.05) is 0 Å². The first-order chi connectivity index (χ1) is 35.5. The molecule has 3 saturated heterocycles. The zero-order valence-electron chi connectivity index (χ0n) is 41.8. The van der Waals surface area contributed by atoms with E-state index in [-0.39, 0.29) is 45.6 Å². The van der Waals surface area contributed by atoms with Crippen LogP contribution in [0, 0.1) is 17.5 Å². The van der Waals surface area contributed by atoms with Crippen molar-refractivity contribution in [2.24, 2.45) is 0 Å². The second-order valence-electron chi connectivity index (χ2n) is 19.6. The number of fused-ring (bicyclic) bond motifs is 3. The summed E-state index contributed by atoms with van der Waals surface area (Å²) in [6.07, 6.45) is -15.9. The van der Waals surface area contributed by atoms with Gasteiger partial charge in [0.1, 0.15) is 45.2 Å². The summed E-state index contributed by atoms with van der Waals surface area (Å²) >= 11 is 0. The number of anilines is 3. The Balaban J connectivity index is 0.000000167. The first-order valence-corrected chi connectivity index (χ1v) is 23.6. The number of hydrogen-bond acceptors (Lipinski definition) is 17.